The van der Waals surface area contributed by atoms with Crippen LogP contribution in [0.1, 0.15) is 23.4 Å². The van der Waals surface area contributed by atoms with Crippen LogP contribution in [-0.4, -0.2) is 39.9 Å². The number of carbonyl (C=O) groups is 1. The first-order valence-corrected chi connectivity index (χ1v) is 6.60. The maximum atomic E-state index is 12.4. The average molecular weight is 303 g/mol. The molecule has 0 saturated heterocycles. The van der Waals surface area contributed by atoms with Crippen LogP contribution >= 0.6 is 0 Å². The Bertz CT molecular complexity index is 520. The van der Waals surface area contributed by atoms with Crippen LogP contribution in [0.4, 0.5) is 13.2 Å². The summed E-state index contributed by atoms with van der Waals surface area (Å²) in [5.74, 6) is -0.533. The number of aryl methyl sites for hydroxylation is 2. The zero-order valence-corrected chi connectivity index (χ0v) is 12.5. The van der Waals surface area contributed by atoms with Crippen molar-refractivity contribution < 1.29 is 18.0 Å². The van der Waals surface area contributed by atoms with Crippen molar-refractivity contribution in [2.45, 2.75) is 32.9 Å². The highest BCUT2D eigenvalue weighted by atomic mass is 19.4. The first-order chi connectivity index (χ1) is 9.65. The fraction of sp³-hybridized carbons (Fsp3) is 0.571. The van der Waals surface area contributed by atoms with Crippen LogP contribution in [0, 0.1) is 13.8 Å². The van der Waals surface area contributed by atoms with Gasteiger partial charge in [-0.15, -0.1) is 6.58 Å². The van der Waals surface area contributed by atoms with Crippen molar-refractivity contribution in [1.29, 1.82) is 0 Å². The van der Waals surface area contributed by atoms with Crippen molar-refractivity contribution in [3.63, 3.8) is 0 Å². The molecule has 118 valence electrons. The summed E-state index contributed by atoms with van der Waals surface area (Å²) in [4.78, 5) is 12.7. The lowest BCUT2D eigenvalue weighted by atomic mass is 10.1. The van der Waals surface area contributed by atoms with E-state index in [2.05, 4.69) is 11.7 Å². The Kier molecular flexibility index (Phi) is 5.57. The lowest BCUT2D eigenvalue weighted by Gasteiger charge is -2.22. The molecule has 1 aromatic heterocycles. The number of alkyl halides is 3. The molecule has 0 aliphatic carbocycles. The molecule has 0 saturated carbocycles. The molecule has 1 heterocycles. The molecule has 1 aromatic rings. The number of hydrogen-bond acceptors (Lipinski definition) is 2. The van der Waals surface area contributed by atoms with Gasteiger partial charge in [0.25, 0.3) is 0 Å². The Morgan fingerprint density at radius 3 is 2.48 bits per heavy atom. The second-order valence-corrected chi connectivity index (χ2v) is 4.95. The summed E-state index contributed by atoms with van der Waals surface area (Å²) in [5, 5.41) is 4.22. The second kappa shape index (κ2) is 6.78. The molecule has 0 atom stereocenters. The number of nitrogens with zero attached hydrogens (tertiary/aromatic N) is 3. The average Bonchev–Trinajstić information content (AvgIpc) is 2.59. The number of rotatable bonds is 6. The highest BCUT2D eigenvalue weighted by Crippen LogP contribution is 2.19. The number of hydrogen-bond donors (Lipinski definition) is 0. The summed E-state index contributed by atoms with van der Waals surface area (Å²) in [6.07, 6.45) is -2.70. The van der Waals surface area contributed by atoms with E-state index < -0.39 is 18.6 Å². The van der Waals surface area contributed by atoms with Crippen LogP contribution in [-0.2, 0) is 18.3 Å². The van der Waals surface area contributed by atoms with Crippen molar-refractivity contribution in [2.24, 2.45) is 7.05 Å². The van der Waals surface area contributed by atoms with Crippen molar-refractivity contribution in [2.75, 3.05) is 13.1 Å². The monoisotopic (exact) mass is 303 g/mol. The van der Waals surface area contributed by atoms with E-state index in [9.17, 15) is 18.0 Å². The third-order valence-electron chi connectivity index (χ3n) is 3.32. The fourth-order valence-electron chi connectivity index (χ4n) is 2.20. The summed E-state index contributed by atoms with van der Waals surface area (Å²) in [7, 11) is 1.79. The molecule has 0 radical (unpaired) electrons. The molecule has 0 aliphatic rings. The molecule has 7 heteroatoms. The summed E-state index contributed by atoms with van der Waals surface area (Å²) in [5.41, 5.74) is 2.64. The van der Waals surface area contributed by atoms with Crippen molar-refractivity contribution in [3.05, 3.63) is 29.6 Å². The largest absolute Gasteiger partial charge is 0.406 e. The summed E-state index contributed by atoms with van der Waals surface area (Å²) in [6.45, 7) is 5.73. The third-order valence-corrected chi connectivity index (χ3v) is 3.32. The molecule has 0 bridgehead atoms. The zero-order chi connectivity index (χ0) is 16.2. The Hall–Kier alpha value is -1.79. The predicted octanol–water partition coefficient (Wildman–Crippen LogP) is 2.55. The van der Waals surface area contributed by atoms with Gasteiger partial charge in [0.05, 0.1) is 5.69 Å². The number of amides is 1. The molecule has 0 aromatic carbocycles. The molecule has 21 heavy (non-hydrogen) atoms. The number of halogens is 3. The minimum Gasteiger partial charge on any atom is -0.330 e. The van der Waals surface area contributed by atoms with E-state index in [4.69, 9.17) is 0 Å². The summed E-state index contributed by atoms with van der Waals surface area (Å²) >= 11 is 0. The molecule has 0 N–H and O–H groups in total. The van der Waals surface area contributed by atoms with Gasteiger partial charge in [0.15, 0.2) is 0 Å². The van der Waals surface area contributed by atoms with Crippen LogP contribution in [0.15, 0.2) is 12.7 Å². The minimum absolute atomic E-state index is 0.0251. The van der Waals surface area contributed by atoms with Crippen LogP contribution in [0.25, 0.3) is 0 Å². The minimum atomic E-state index is -4.40. The van der Waals surface area contributed by atoms with Gasteiger partial charge in [-0.05, 0) is 25.8 Å². The van der Waals surface area contributed by atoms with Gasteiger partial charge in [-0.3, -0.25) is 9.48 Å². The van der Waals surface area contributed by atoms with E-state index in [0.717, 1.165) is 21.9 Å². The van der Waals surface area contributed by atoms with Gasteiger partial charge >= 0.3 is 6.18 Å². The van der Waals surface area contributed by atoms with Crippen molar-refractivity contribution in [3.8, 4) is 0 Å². The first-order valence-electron chi connectivity index (χ1n) is 6.60. The maximum absolute atomic E-state index is 12.4. The molecular weight excluding hydrogens is 283 g/mol. The summed E-state index contributed by atoms with van der Waals surface area (Å²) < 4.78 is 39.0. The lowest BCUT2D eigenvalue weighted by Crippen LogP contribution is -2.39. The van der Waals surface area contributed by atoms with E-state index in [1.807, 2.05) is 13.8 Å². The van der Waals surface area contributed by atoms with Crippen LogP contribution in [0.3, 0.4) is 0 Å². The van der Waals surface area contributed by atoms with E-state index in [1.165, 1.54) is 6.08 Å². The molecule has 1 amide bonds. The fourth-order valence-corrected chi connectivity index (χ4v) is 2.20. The van der Waals surface area contributed by atoms with Gasteiger partial charge in [0.2, 0.25) is 5.91 Å². The van der Waals surface area contributed by atoms with Crippen LogP contribution < -0.4 is 0 Å². The Morgan fingerprint density at radius 1 is 1.43 bits per heavy atom. The molecule has 0 spiro atoms. The van der Waals surface area contributed by atoms with Crippen LogP contribution in [0.2, 0.25) is 0 Å². The van der Waals surface area contributed by atoms with Crippen molar-refractivity contribution in [1.82, 2.24) is 14.7 Å². The first kappa shape index (κ1) is 17.3. The quantitative estimate of drug-likeness (QED) is 0.758. The standard InChI is InChI=1S/C14H20F3N3O/c1-5-8-20(9-14(15,16)17)13(21)7-6-12-10(2)18-19(4)11(12)3/h5H,1,6-9H2,2-4H3. The van der Waals surface area contributed by atoms with E-state index in [-0.39, 0.29) is 13.0 Å². The highest BCUT2D eigenvalue weighted by Gasteiger charge is 2.32. The van der Waals surface area contributed by atoms with Gasteiger partial charge in [-0.2, -0.15) is 18.3 Å². The Labute approximate surface area is 122 Å². The maximum Gasteiger partial charge on any atom is 0.406 e. The Morgan fingerprint density at radius 2 is 2.05 bits per heavy atom. The van der Waals surface area contributed by atoms with Crippen molar-refractivity contribution >= 4 is 5.91 Å². The molecule has 0 fully saturated rings. The molecular formula is C14H20F3N3O. The molecule has 4 nitrogen and oxygen atoms in total. The van der Waals surface area contributed by atoms with Gasteiger partial charge < -0.3 is 4.90 Å². The third kappa shape index (κ3) is 4.91. The van der Waals surface area contributed by atoms with Gasteiger partial charge in [-0.25, -0.2) is 0 Å². The SMILES string of the molecule is C=CCN(CC(F)(F)F)C(=O)CCc1c(C)nn(C)c1C. The van der Waals surface area contributed by atoms with Gasteiger partial charge in [0.1, 0.15) is 6.54 Å². The van der Waals surface area contributed by atoms with E-state index in [1.54, 1.807) is 11.7 Å². The molecule has 1 rings (SSSR count). The number of aromatic nitrogens is 2. The molecule has 0 unspecified atom stereocenters. The smallest absolute Gasteiger partial charge is 0.330 e. The molecule has 0 aliphatic heterocycles. The normalized spacial score (nSPS) is 11.5. The number of carbonyl (C=O) groups excluding carboxylic acids is 1. The van der Waals surface area contributed by atoms with E-state index >= 15 is 0 Å². The second-order valence-electron chi connectivity index (χ2n) is 4.95. The Balaban J connectivity index is 2.71. The summed E-state index contributed by atoms with van der Waals surface area (Å²) in [6, 6.07) is 0. The topological polar surface area (TPSA) is 38.1 Å². The lowest BCUT2D eigenvalue weighted by molar-refractivity contribution is -0.160. The van der Waals surface area contributed by atoms with Gasteiger partial charge in [0, 0.05) is 25.7 Å². The van der Waals surface area contributed by atoms with Crippen LogP contribution in [0.5, 0.6) is 0 Å². The van der Waals surface area contributed by atoms with Gasteiger partial charge in [-0.1, -0.05) is 6.08 Å². The predicted molar refractivity (Wildman–Crippen MR) is 73.8 cm³/mol. The van der Waals surface area contributed by atoms with E-state index in [0.29, 0.717) is 6.42 Å². The highest BCUT2D eigenvalue weighted by molar-refractivity contribution is 5.76. The zero-order valence-electron chi connectivity index (χ0n) is 12.5.